The molecule has 3 nitrogen and oxygen atoms in total. The summed E-state index contributed by atoms with van der Waals surface area (Å²) in [4.78, 5) is 0. The Hall–Kier alpha value is -0.120. The van der Waals surface area contributed by atoms with E-state index in [2.05, 4.69) is 6.92 Å². The van der Waals surface area contributed by atoms with E-state index in [1.165, 1.54) is 25.7 Å². The number of rotatable bonds is 6. The Morgan fingerprint density at radius 2 is 2.07 bits per heavy atom. The number of hydrogen-bond acceptors (Lipinski definition) is 2. The smallest absolute Gasteiger partial charge is 0.107 e. The number of hydrogen-bond donors (Lipinski definition) is 0. The summed E-state index contributed by atoms with van der Waals surface area (Å²) in [6, 6.07) is 0. The Kier molecular flexibility index (Phi) is 5.58. The van der Waals surface area contributed by atoms with Gasteiger partial charge in [0, 0.05) is 0 Å². The number of hydroxylamine groups is 3. The van der Waals surface area contributed by atoms with Crippen molar-refractivity contribution in [1.29, 1.82) is 0 Å². The summed E-state index contributed by atoms with van der Waals surface area (Å²) in [6.45, 7) is 6.84. The van der Waals surface area contributed by atoms with Crippen molar-refractivity contribution >= 4 is 0 Å². The lowest BCUT2D eigenvalue weighted by Crippen LogP contribution is -2.53. The van der Waals surface area contributed by atoms with Gasteiger partial charge in [-0.1, -0.05) is 32.6 Å². The van der Waals surface area contributed by atoms with Crippen LogP contribution in [0, 0.1) is 5.21 Å². The molecule has 0 spiro atoms. The van der Waals surface area contributed by atoms with Crippen LogP contribution >= 0.6 is 0 Å². The van der Waals surface area contributed by atoms with Gasteiger partial charge in [-0.15, -0.1) is 0 Å². The molecule has 1 aliphatic rings. The third-order valence-corrected chi connectivity index (χ3v) is 3.34. The summed E-state index contributed by atoms with van der Waals surface area (Å²) in [5, 5.41) is 12.0. The minimum atomic E-state index is -0.0432. The zero-order chi connectivity index (χ0) is 11.1. The fourth-order valence-electron chi connectivity index (χ4n) is 2.16. The third kappa shape index (κ3) is 4.49. The van der Waals surface area contributed by atoms with E-state index in [9.17, 15) is 5.21 Å². The molecule has 0 aromatic rings. The zero-order valence-electron chi connectivity index (χ0n) is 10.2. The molecule has 1 aliphatic heterocycles. The van der Waals surface area contributed by atoms with Gasteiger partial charge in [0.1, 0.15) is 19.2 Å². The lowest BCUT2D eigenvalue weighted by molar-refractivity contribution is -0.890. The quantitative estimate of drug-likeness (QED) is 0.387. The molecule has 90 valence electrons. The third-order valence-electron chi connectivity index (χ3n) is 3.34. The molecule has 1 heterocycles. The second-order valence-electron chi connectivity index (χ2n) is 4.62. The van der Waals surface area contributed by atoms with E-state index in [4.69, 9.17) is 4.74 Å². The Balaban J connectivity index is 2.18. The Labute approximate surface area is 93.6 Å². The van der Waals surface area contributed by atoms with Crippen LogP contribution in [-0.2, 0) is 4.74 Å². The highest BCUT2D eigenvalue weighted by Gasteiger charge is 2.26. The molecule has 0 radical (unpaired) electrons. The summed E-state index contributed by atoms with van der Waals surface area (Å²) in [5.41, 5.74) is 0. The number of likely N-dealkylation sites (N-methyl/N-ethyl adjacent to an activating group) is 1. The maximum Gasteiger partial charge on any atom is 0.107 e. The van der Waals surface area contributed by atoms with Gasteiger partial charge in [0.25, 0.3) is 0 Å². The molecule has 0 aromatic heterocycles. The highest BCUT2D eigenvalue weighted by molar-refractivity contribution is 4.63. The fraction of sp³-hybridized carbons (Fsp3) is 1.00. The predicted octanol–water partition coefficient (Wildman–Crippen LogP) is 2.69. The molecule has 0 aromatic carbocycles. The summed E-state index contributed by atoms with van der Waals surface area (Å²) >= 11 is 0. The number of morpholine rings is 1. The average molecular weight is 215 g/mol. The molecule has 1 saturated heterocycles. The van der Waals surface area contributed by atoms with Crippen LogP contribution < -0.4 is 0 Å². The molecule has 2 unspecified atom stereocenters. The fourth-order valence-corrected chi connectivity index (χ4v) is 2.16. The molecule has 1 fully saturated rings. The maximum atomic E-state index is 12.0. The molecular formula is C12H25NO2. The van der Waals surface area contributed by atoms with Crippen molar-refractivity contribution in [2.75, 3.05) is 26.2 Å². The second-order valence-corrected chi connectivity index (χ2v) is 4.62. The van der Waals surface area contributed by atoms with Crippen molar-refractivity contribution in [3.8, 4) is 0 Å². The second kappa shape index (κ2) is 6.46. The number of ether oxygens (including phenoxy) is 1. The van der Waals surface area contributed by atoms with Crippen LogP contribution in [0.3, 0.4) is 0 Å². The van der Waals surface area contributed by atoms with Crippen LogP contribution in [0.1, 0.15) is 46.0 Å². The van der Waals surface area contributed by atoms with Crippen LogP contribution in [0.25, 0.3) is 0 Å². The standard InChI is InChI=1S/C12H25NO2/c1-3-5-6-7-8-12-11-13(14,4-2)9-10-15-12/h12H,3-11H2,1-2H3. The molecule has 0 aliphatic carbocycles. The van der Waals surface area contributed by atoms with Gasteiger partial charge in [0.05, 0.1) is 13.2 Å². The molecular weight excluding hydrogens is 190 g/mol. The first-order valence-electron chi connectivity index (χ1n) is 6.39. The summed E-state index contributed by atoms with van der Waals surface area (Å²) < 4.78 is 5.60. The first-order chi connectivity index (χ1) is 7.20. The van der Waals surface area contributed by atoms with Crippen LogP contribution in [0.4, 0.5) is 0 Å². The SMILES string of the molecule is CCCCCCC1C[N+]([O-])(CC)CCO1. The molecule has 0 saturated carbocycles. The zero-order valence-corrected chi connectivity index (χ0v) is 10.2. The molecule has 1 rings (SSSR count). The molecule has 0 bridgehead atoms. The normalized spacial score (nSPS) is 31.8. The van der Waals surface area contributed by atoms with E-state index in [1.807, 2.05) is 6.92 Å². The van der Waals surface area contributed by atoms with E-state index >= 15 is 0 Å². The molecule has 3 heteroatoms. The summed E-state index contributed by atoms with van der Waals surface area (Å²) in [6.07, 6.45) is 6.35. The maximum absolute atomic E-state index is 12.0. The molecule has 0 amide bonds. The van der Waals surface area contributed by atoms with Crippen molar-refractivity contribution in [2.45, 2.75) is 52.1 Å². The highest BCUT2D eigenvalue weighted by atomic mass is 16.6. The van der Waals surface area contributed by atoms with Crippen molar-refractivity contribution in [3.63, 3.8) is 0 Å². The number of unbranched alkanes of at least 4 members (excludes halogenated alkanes) is 3. The Morgan fingerprint density at radius 1 is 1.27 bits per heavy atom. The Morgan fingerprint density at radius 3 is 2.73 bits per heavy atom. The highest BCUT2D eigenvalue weighted by Crippen LogP contribution is 2.18. The van der Waals surface area contributed by atoms with Crippen molar-refractivity contribution < 1.29 is 9.38 Å². The van der Waals surface area contributed by atoms with Gasteiger partial charge in [-0.25, -0.2) is 0 Å². The minimum Gasteiger partial charge on any atom is -0.633 e. The van der Waals surface area contributed by atoms with E-state index in [0.29, 0.717) is 26.2 Å². The molecule has 15 heavy (non-hydrogen) atoms. The first kappa shape index (κ1) is 12.9. The molecule has 2 atom stereocenters. The molecule has 0 N–H and O–H groups in total. The van der Waals surface area contributed by atoms with E-state index in [-0.39, 0.29) is 10.8 Å². The Bertz CT molecular complexity index is 175. The van der Waals surface area contributed by atoms with Gasteiger partial charge < -0.3 is 14.6 Å². The van der Waals surface area contributed by atoms with Crippen LogP contribution in [0.5, 0.6) is 0 Å². The van der Waals surface area contributed by atoms with Crippen molar-refractivity contribution in [1.82, 2.24) is 0 Å². The monoisotopic (exact) mass is 215 g/mol. The van der Waals surface area contributed by atoms with Gasteiger partial charge in [-0.05, 0) is 13.3 Å². The largest absolute Gasteiger partial charge is 0.633 e. The van der Waals surface area contributed by atoms with E-state index < -0.39 is 0 Å². The van der Waals surface area contributed by atoms with Gasteiger partial charge in [-0.2, -0.15) is 0 Å². The van der Waals surface area contributed by atoms with Crippen molar-refractivity contribution in [2.24, 2.45) is 0 Å². The van der Waals surface area contributed by atoms with Gasteiger partial charge >= 0.3 is 0 Å². The topological polar surface area (TPSA) is 32.3 Å². The van der Waals surface area contributed by atoms with E-state index in [0.717, 1.165) is 6.42 Å². The summed E-state index contributed by atoms with van der Waals surface area (Å²) in [7, 11) is 0. The summed E-state index contributed by atoms with van der Waals surface area (Å²) in [5.74, 6) is 0. The minimum absolute atomic E-state index is 0.0432. The van der Waals surface area contributed by atoms with Crippen LogP contribution in [0.15, 0.2) is 0 Å². The lowest BCUT2D eigenvalue weighted by atomic mass is 10.1. The van der Waals surface area contributed by atoms with Crippen LogP contribution in [-0.4, -0.2) is 37.0 Å². The van der Waals surface area contributed by atoms with E-state index in [1.54, 1.807) is 0 Å². The van der Waals surface area contributed by atoms with Gasteiger partial charge in [0.2, 0.25) is 0 Å². The average Bonchev–Trinajstić information content (AvgIpc) is 2.25. The van der Waals surface area contributed by atoms with Crippen LogP contribution in [0.2, 0.25) is 0 Å². The lowest BCUT2D eigenvalue weighted by Gasteiger charge is -2.47. The number of nitrogens with zero attached hydrogens (tertiary/aromatic N) is 1. The number of quaternary nitrogens is 1. The predicted molar refractivity (Wildman–Crippen MR) is 62.4 cm³/mol. The van der Waals surface area contributed by atoms with Gasteiger partial charge in [0.15, 0.2) is 0 Å². The first-order valence-corrected chi connectivity index (χ1v) is 6.39. The van der Waals surface area contributed by atoms with Crippen molar-refractivity contribution in [3.05, 3.63) is 5.21 Å². The van der Waals surface area contributed by atoms with Gasteiger partial charge in [-0.3, -0.25) is 0 Å².